The molecule has 2 aliphatic rings. The Kier molecular flexibility index (Phi) is 2.52. The maximum Gasteiger partial charge on any atom is 0.133 e. The van der Waals surface area contributed by atoms with E-state index in [4.69, 9.17) is 9.47 Å². The van der Waals surface area contributed by atoms with Crippen LogP contribution in [0.25, 0.3) is 5.57 Å². The number of nitrogens with zero attached hydrogens (tertiary/aromatic N) is 1. The lowest BCUT2D eigenvalue weighted by atomic mass is 9.87. The third-order valence-corrected chi connectivity index (χ3v) is 4.19. The lowest BCUT2D eigenvalue weighted by molar-refractivity contribution is 0.263. The Morgan fingerprint density at radius 3 is 2.76 bits per heavy atom. The number of methoxy groups -OCH3 is 1. The molecule has 1 unspecified atom stereocenters. The van der Waals surface area contributed by atoms with Crippen LogP contribution >= 0.6 is 0 Å². The van der Waals surface area contributed by atoms with Crippen molar-refractivity contribution in [2.24, 2.45) is 0 Å². The van der Waals surface area contributed by atoms with Crippen LogP contribution in [0.3, 0.4) is 0 Å². The largest absolute Gasteiger partial charge is 0.497 e. The first-order valence-corrected chi connectivity index (χ1v) is 7.13. The van der Waals surface area contributed by atoms with Crippen molar-refractivity contribution >= 4 is 16.9 Å². The second-order valence-corrected chi connectivity index (χ2v) is 5.50. The number of hydrogen-bond donors (Lipinski definition) is 0. The maximum absolute atomic E-state index is 6.00. The molecule has 21 heavy (non-hydrogen) atoms. The number of ether oxygens (including phenoxy) is 2. The van der Waals surface area contributed by atoms with Crippen LogP contribution in [0.1, 0.15) is 18.1 Å². The fourth-order valence-electron chi connectivity index (χ4n) is 3.22. The zero-order chi connectivity index (χ0) is 14.6. The highest BCUT2D eigenvalue weighted by atomic mass is 16.5. The monoisotopic (exact) mass is 279 g/mol. The van der Waals surface area contributed by atoms with E-state index in [1.54, 1.807) is 7.11 Å². The third kappa shape index (κ3) is 1.67. The Hall–Kier alpha value is -2.42. The van der Waals surface area contributed by atoms with Crippen molar-refractivity contribution in [3.8, 4) is 11.5 Å². The minimum Gasteiger partial charge on any atom is -0.497 e. The molecule has 0 bridgehead atoms. The van der Waals surface area contributed by atoms with E-state index in [1.807, 2.05) is 6.07 Å². The van der Waals surface area contributed by atoms with Crippen molar-refractivity contribution in [3.05, 3.63) is 53.6 Å². The molecule has 0 fully saturated rings. The number of hydrogen-bond acceptors (Lipinski definition) is 3. The lowest BCUT2D eigenvalue weighted by Crippen LogP contribution is -2.23. The second-order valence-electron chi connectivity index (χ2n) is 5.50. The van der Waals surface area contributed by atoms with Crippen LogP contribution in [0.15, 0.2) is 42.5 Å². The molecule has 0 amide bonds. The summed E-state index contributed by atoms with van der Waals surface area (Å²) in [6.45, 7) is 2.07. The predicted molar refractivity (Wildman–Crippen MR) is 84.7 cm³/mol. The molecule has 0 aliphatic carbocycles. The van der Waals surface area contributed by atoms with Crippen molar-refractivity contribution in [1.29, 1.82) is 0 Å². The molecule has 0 spiro atoms. The molecule has 0 N–H and O–H groups in total. The van der Waals surface area contributed by atoms with Gasteiger partial charge in [-0.05, 0) is 24.6 Å². The summed E-state index contributed by atoms with van der Waals surface area (Å²) in [4.78, 5) is 2.20. The van der Waals surface area contributed by atoms with Gasteiger partial charge in [-0.2, -0.15) is 0 Å². The van der Waals surface area contributed by atoms with Gasteiger partial charge in [0, 0.05) is 36.0 Å². The molecule has 4 rings (SSSR count). The summed E-state index contributed by atoms with van der Waals surface area (Å²) in [5.41, 5.74) is 6.02. The highest BCUT2D eigenvalue weighted by molar-refractivity contribution is 6.00. The van der Waals surface area contributed by atoms with E-state index in [0.29, 0.717) is 0 Å². The summed E-state index contributed by atoms with van der Waals surface area (Å²) < 4.78 is 11.4. The van der Waals surface area contributed by atoms with Gasteiger partial charge in [0.15, 0.2) is 0 Å². The van der Waals surface area contributed by atoms with Crippen LogP contribution in [0.5, 0.6) is 11.5 Å². The third-order valence-electron chi connectivity index (χ3n) is 4.19. The average Bonchev–Trinajstić information content (AvgIpc) is 2.51. The molecule has 0 radical (unpaired) electrons. The van der Waals surface area contributed by atoms with Crippen LogP contribution in [0.2, 0.25) is 0 Å². The Labute approximate surface area is 124 Å². The summed E-state index contributed by atoms with van der Waals surface area (Å²) in [7, 11) is 3.77. The van der Waals surface area contributed by atoms with Crippen LogP contribution in [-0.4, -0.2) is 20.3 Å². The molecule has 2 aliphatic heterocycles. The Morgan fingerprint density at radius 2 is 1.95 bits per heavy atom. The number of anilines is 2. The van der Waals surface area contributed by atoms with Gasteiger partial charge in [0.2, 0.25) is 0 Å². The van der Waals surface area contributed by atoms with Gasteiger partial charge in [-0.25, -0.2) is 0 Å². The van der Waals surface area contributed by atoms with E-state index >= 15 is 0 Å². The van der Waals surface area contributed by atoms with Crippen LogP contribution < -0.4 is 14.4 Å². The van der Waals surface area contributed by atoms with Crippen molar-refractivity contribution in [1.82, 2.24) is 0 Å². The predicted octanol–water partition coefficient (Wildman–Crippen LogP) is 3.99. The molecule has 1 atom stereocenters. The van der Waals surface area contributed by atoms with Crippen LogP contribution in [-0.2, 0) is 0 Å². The molecular formula is C18H17NO2. The molecule has 0 saturated carbocycles. The average molecular weight is 279 g/mol. The van der Waals surface area contributed by atoms with E-state index in [2.05, 4.69) is 55.3 Å². The van der Waals surface area contributed by atoms with Gasteiger partial charge < -0.3 is 14.4 Å². The van der Waals surface area contributed by atoms with Gasteiger partial charge in [0.1, 0.15) is 17.6 Å². The van der Waals surface area contributed by atoms with Gasteiger partial charge in [-0.1, -0.05) is 18.2 Å². The quantitative estimate of drug-likeness (QED) is 0.788. The minimum absolute atomic E-state index is 0.0592. The number of rotatable bonds is 1. The van der Waals surface area contributed by atoms with Gasteiger partial charge in [0.05, 0.1) is 12.8 Å². The van der Waals surface area contributed by atoms with Crippen molar-refractivity contribution < 1.29 is 9.47 Å². The second kappa shape index (κ2) is 4.29. The van der Waals surface area contributed by atoms with E-state index in [9.17, 15) is 0 Å². The van der Waals surface area contributed by atoms with Crippen molar-refractivity contribution in [3.63, 3.8) is 0 Å². The molecule has 106 valence electrons. The Morgan fingerprint density at radius 1 is 1.14 bits per heavy atom. The molecule has 2 aromatic carbocycles. The highest BCUT2D eigenvalue weighted by Crippen LogP contribution is 2.51. The molecule has 3 nitrogen and oxygen atoms in total. The van der Waals surface area contributed by atoms with Crippen molar-refractivity contribution in [2.45, 2.75) is 13.0 Å². The molecular weight excluding hydrogens is 262 g/mol. The molecule has 3 heteroatoms. The van der Waals surface area contributed by atoms with Crippen LogP contribution in [0.4, 0.5) is 11.4 Å². The summed E-state index contributed by atoms with van der Waals surface area (Å²) in [5, 5.41) is 0. The normalized spacial score (nSPS) is 18.3. The standard InChI is InChI=1S/C18H17NO2/c1-11-8-14-13-6-4-5-7-15(13)19(2)16-9-12(20-3)10-17(21-11)18(14)16/h4-11H,1-3H3. The minimum atomic E-state index is 0.0592. The molecule has 0 saturated heterocycles. The SMILES string of the molecule is COc1cc2c3c(c1)N(C)c1ccccc1C3=CC(C)O2. The summed E-state index contributed by atoms with van der Waals surface area (Å²) in [5.74, 6) is 1.72. The highest BCUT2D eigenvalue weighted by Gasteiger charge is 2.31. The van der Waals surface area contributed by atoms with Gasteiger partial charge in [0.25, 0.3) is 0 Å². The fourth-order valence-corrected chi connectivity index (χ4v) is 3.22. The summed E-state index contributed by atoms with van der Waals surface area (Å²) >= 11 is 0. The number of fused-ring (bicyclic) bond motifs is 2. The first kappa shape index (κ1) is 12.3. The van der Waals surface area contributed by atoms with Gasteiger partial charge in [-0.15, -0.1) is 0 Å². The first-order valence-electron chi connectivity index (χ1n) is 7.13. The number of para-hydroxylation sites is 1. The van der Waals surface area contributed by atoms with Gasteiger partial charge in [-0.3, -0.25) is 0 Å². The van der Waals surface area contributed by atoms with E-state index in [-0.39, 0.29) is 6.10 Å². The zero-order valence-corrected chi connectivity index (χ0v) is 12.4. The molecule has 0 aromatic heterocycles. The fraction of sp³-hybridized carbons (Fsp3) is 0.222. The van der Waals surface area contributed by atoms with E-state index in [1.165, 1.54) is 16.8 Å². The van der Waals surface area contributed by atoms with Crippen molar-refractivity contribution in [2.75, 3.05) is 19.1 Å². The smallest absolute Gasteiger partial charge is 0.133 e. The topological polar surface area (TPSA) is 21.7 Å². The van der Waals surface area contributed by atoms with Gasteiger partial charge >= 0.3 is 0 Å². The summed E-state index contributed by atoms with van der Waals surface area (Å²) in [6, 6.07) is 12.5. The maximum atomic E-state index is 6.00. The van der Waals surface area contributed by atoms with E-state index in [0.717, 1.165) is 22.7 Å². The zero-order valence-electron chi connectivity index (χ0n) is 12.4. The van der Waals surface area contributed by atoms with E-state index < -0.39 is 0 Å². The Balaban J connectivity index is 2.06. The summed E-state index contributed by atoms with van der Waals surface area (Å²) in [6.07, 6.45) is 2.26. The lowest BCUT2D eigenvalue weighted by Gasteiger charge is -2.36. The Bertz CT molecular complexity index is 764. The first-order chi connectivity index (χ1) is 10.2. The molecule has 2 aromatic rings. The van der Waals surface area contributed by atoms with Crippen LogP contribution in [0, 0.1) is 0 Å². The number of benzene rings is 2. The molecule has 2 heterocycles.